The molecule has 0 aromatic heterocycles. The normalized spacial score (nSPS) is 13.0. The van der Waals surface area contributed by atoms with Crippen LogP contribution in [-0.4, -0.2) is 36.6 Å². The highest BCUT2D eigenvalue weighted by molar-refractivity contribution is 5.75. The Morgan fingerprint density at radius 1 is 1.54 bits per heavy atom. The lowest BCUT2D eigenvalue weighted by Gasteiger charge is -2.10. The number of aliphatic hydroxyl groups excluding tert-OH is 1. The number of rotatable bonds is 6. The first kappa shape index (κ1) is 12.2. The molecule has 13 heavy (non-hydrogen) atoms. The van der Waals surface area contributed by atoms with Crippen molar-refractivity contribution >= 4 is 5.91 Å². The molecule has 0 aliphatic rings. The molecule has 1 unspecified atom stereocenters. The molecule has 0 rings (SSSR count). The number of carbonyl (C=O) groups is 1. The second kappa shape index (κ2) is 6.73. The number of alkyl halides is 2. The van der Waals surface area contributed by atoms with E-state index in [4.69, 9.17) is 10.8 Å². The molecule has 0 aromatic carbocycles. The van der Waals surface area contributed by atoms with Gasteiger partial charge in [-0.2, -0.15) is 0 Å². The maximum absolute atomic E-state index is 11.7. The van der Waals surface area contributed by atoms with E-state index >= 15 is 0 Å². The van der Waals surface area contributed by atoms with Gasteiger partial charge in [0.05, 0.1) is 0 Å². The Hall–Kier alpha value is -0.750. The summed E-state index contributed by atoms with van der Waals surface area (Å²) >= 11 is 0. The van der Waals surface area contributed by atoms with Gasteiger partial charge < -0.3 is 16.2 Å². The summed E-state index contributed by atoms with van der Waals surface area (Å²) in [5, 5.41) is 10.8. The van der Waals surface area contributed by atoms with Crippen LogP contribution < -0.4 is 11.1 Å². The molecular weight excluding hydrogens is 182 g/mol. The Labute approximate surface area is 75.1 Å². The summed E-state index contributed by atoms with van der Waals surface area (Å²) in [6, 6.07) is 0. The summed E-state index contributed by atoms with van der Waals surface area (Å²) in [6.45, 7) is -0.0358. The highest BCUT2D eigenvalue weighted by atomic mass is 19.3. The third-order valence-corrected chi connectivity index (χ3v) is 1.41. The summed E-state index contributed by atoms with van der Waals surface area (Å²) < 4.78 is 23.4. The van der Waals surface area contributed by atoms with Crippen LogP contribution in [0, 0.1) is 0 Å². The highest BCUT2D eigenvalue weighted by Crippen LogP contribution is 1.98. The Morgan fingerprint density at radius 2 is 2.15 bits per heavy atom. The summed E-state index contributed by atoms with van der Waals surface area (Å²) in [5.74, 6) is -0.370. The van der Waals surface area contributed by atoms with Gasteiger partial charge in [-0.05, 0) is 13.0 Å². The lowest BCUT2D eigenvalue weighted by Crippen LogP contribution is -2.35. The minimum absolute atomic E-state index is 0.201. The van der Waals surface area contributed by atoms with Crippen molar-refractivity contribution in [2.24, 2.45) is 5.73 Å². The molecule has 0 aromatic rings. The van der Waals surface area contributed by atoms with Crippen molar-refractivity contribution in [1.82, 2.24) is 5.32 Å². The largest absolute Gasteiger partial charge is 0.385 e. The van der Waals surface area contributed by atoms with Crippen molar-refractivity contribution in [2.75, 3.05) is 13.1 Å². The molecule has 0 fully saturated rings. The van der Waals surface area contributed by atoms with E-state index in [1.165, 1.54) is 0 Å². The topological polar surface area (TPSA) is 75.4 Å². The molecule has 1 amide bonds. The first-order chi connectivity index (χ1) is 6.07. The third kappa shape index (κ3) is 6.41. The van der Waals surface area contributed by atoms with Crippen molar-refractivity contribution in [3.8, 4) is 0 Å². The number of halogens is 2. The molecule has 1 atom stereocenters. The van der Waals surface area contributed by atoms with Gasteiger partial charge in [-0.1, -0.05) is 0 Å². The summed E-state index contributed by atoms with van der Waals surface area (Å²) in [5.41, 5.74) is 5.13. The standard InChI is InChI=1S/C7H14F2N2O2/c8-7(9)5(12)4-11-6(13)2-1-3-10/h5,7,12H,1-4,10H2,(H,11,13). The first-order valence-electron chi connectivity index (χ1n) is 4.01. The average Bonchev–Trinajstić information content (AvgIpc) is 2.10. The second-order valence-electron chi connectivity index (χ2n) is 2.60. The molecule has 0 bridgehead atoms. The van der Waals surface area contributed by atoms with Crippen LogP contribution in [0.5, 0.6) is 0 Å². The molecular formula is C7H14F2N2O2. The van der Waals surface area contributed by atoms with E-state index < -0.39 is 19.1 Å². The van der Waals surface area contributed by atoms with E-state index in [-0.39, 0.29) is 12.3 Å². The zero-order valence-electron chi connectivity index (χ0n) is 7.17. The molecule has 0 aliphatic heterocycles. The van der Waals surface area contributed by atoms with E-state index in [2.05, 4.69) is 5.32 Å². The Kier molecular flexibility index (Phi) is 6.34. The number of aliphatic hydroxyl groups is 1. The molecule has 0 heterocycles. The summed E-state index contributed by atoms with van der Waals surface area (Å²) in [4.78, 5) is 10.8. The van der Waals surface area contributed by atoms with Crippen molar-refractivity contribution in [2.45, 2.75) is 25.4 Å². The summed E-state index contributed by atoms with van der Waals surface area (Å²) in [7, 11) is 0. The van der Waals surface area contributed by atoms with Gasteiger partial charge in [-0.25, -0.2) is 8.78 Å². The molecule has 0 radical (unpaired) electrons. The molecule has 78 valence electrons. The van der Waals surface area contributed by atoms with Gasteiger partial charge >= 0.3 is 0 Å². The van der Waals surface area contributed by atoms with Crippen LogP contribution in [0.3, 0.4) is 0 Å². The Morgan fingerprint density at radius 3 is 2.62 bits per heavy atom. The van der Waals surface area contributed by atoms with Crippen LogP contribution in [0.4, 0.5) is 8.78 Å². The fourth-order valence-corrected chi connectivity index (χ4v) is 0.658. The fraction of sp³-hybridized carbons (Fsp3) is 0.857. The van der Waals surface area contributed by atoms with E-state index in [0.29, 0.717) is 13.0 Å². The van der Waals surface area contributed by atoms with Crippen molar-refractivity contribution < 1.29 is 18.7 Å². The monoisotopic (exact) mass is 196 g/mol. The van der Waals surface area contributed by atoms with Gasteiger partial charge in [0.15, 0.2) is 0 Å². The molecule has 4 N–H and O–H groups in total. The predicted octanol–water partition coefficient (Wildman–Crippen LogP) is -0.532. The number of nitrogens with one attached hydrogen (secondary N) is 1. The summed E-state index contributed by atoms with van der Waals surface area (Å²) in [6.07, 6.45) is -3.90. The highest BCUT2D eigenvalue weighted by Gasteiger charge is 2.16. The lowest BCUT2D eigenvalue weighted by molar-refractivity contribution is -0.122. The van der Waals surface area contributed by atoms with Crippen molar-refractivity contribution in [3.05, 3.63) is 0 Å². The quantitative estimate of drug-likeness (QED) is 0.534. The molecule has 0 saturated heterocycles. The van der Waals surface area contributed by atoms with Gasteiger partial charge in [0, 0.05) is 13.0 Å². The molecule has 0 saturated carbocycles. The van der Waals surface area contributed by atoms with Crippen LogP contribution in [0.15, 0.2) is 0 Å². The number of amides is 1. The van der Waals surface area contributed by atoms with E-state index in [0.717, 1.165) is 0 Å². The molecule has 4 nitrogen and oxygen atoms in total. The first-order valence-corrected chi connectivity index (χ1v) is 4.01. The molecule has 6 heteroatoms. The van der Waals surface area contributed by atoms with Crippen LogP contribution in [0.2, 0.25) is 0 Å². The Bertz CT molecular complexity index is 155. The van der Waals surface area contributed by atoms with Crippen LogP contribution in [0.25, 0.3) is 0 Å². The zero-order valence-corrected chi connectivity index (χ0v) is 7.17. The van der Waals surface area contributed by atoms with E-state index in [9.17, 15) is 13.6 Å². The maximum atomic E-state index is 11.7. The zero-order chi connectivity index (χ0) is 10.3. The lowest BCUT2D eigenvalue weighted by atomic mass is 10.3. The molecule has 0 aliphatic carbocycles. The smallest absolute Gasteiger partial charge is 0.265 e. The number of nitrogens with two attached hydrogens (primary N) is 1. The Balaban J connectivity index is 3.46. The van der Waals surface area contributed by atoms with E-state index in [1.807, 2.05) is 0 Å². The SMILES string of the molecule is NCCCC(=O)NCC(O)C(F)F. The number of carbonyl (C=O) groups excluding carboxylic acids is 1. The minimum atomic E-state index is -2.82. The second-order valence-corrected chi connectivity index (χ2v) is 2.60. The van der Waals surface area contributed by atoms with Gasteiger partial charge in [0.1, 0.15) is 6.10 Å². The van der Waals surface area contributed by atoms with Gasteiger partial charge in [-0.3, -0.25) is 4.79 Å². The fourth-order valence-electron chi connectivity index (χ4n) is 0.658. The maximum Gasteiger partial charge on any atom is 0.265 e. The third-order valence-electron chi connectivity index (χ3n) is 1.41. The van der Waals surface area contributed by atoms with Crippen LogP contribution in [-0.2, 0) is 4.79 Å². The molecule has 0 spiro atoms. The number of hydrogen-bond acceptors (Lipinski definition) is 3. The van der Waals surface area contributed by atoms with Gasteiger partial charge in [0.25, 0.3) is 6.43 Å². The van der Waals surface area contributed by atoms with Gasteiger partial charge in [0.2, 0.25) is 5.91 Å². The minimum Gasteiger partial charge on any atom is -0.385 e. The predicted molar refractivity (Wildman–Crippen MR) is 43.3 cm³/mol. The van der Waals surface area contributed by atoms with Crippen LogP contribution in [0.1, 0.15) is 12.8 Å². The number of hydrogen-bond donors (Lipinski definition) is 3. The van der Waals surface area contributed by atoms with Crippen molar-refractivity contribution in [3.63, 3.8) is 0 Å². The average molecular weight is 196 g/mol. The van der Waals surface area contributed by atoms with Crippen molar-refractivity contribution in [1.29, 1.82) is 0 Å². The van der Waals surface area contributed by atoms with Gasteiger partial charge in [-0.15, -0.1) is 0 Å². The van der Waals surface area contributed by atoms with E-state index in [1.54, 1.807) is 0 Å². The van der Waals surface area contributed by atoms with Crippen LogP contribution >= 0.6 is 0 Å².